The fraction of sp³-hybridized carbons (Fsp3) is 0.333. The van der Waals surface area contributed by atoms with Crippen molar-refractivity contribution < 1.29 is 28.6 Å². The van der Waals surface area contributed by atoms with Crippen LogP contribution in [0, 0.1) is 0 Å². The van der Waals surface area contributed by atoms with E-state index < -0.39 is 23.5 Å². The van der Waals surface area contributed by atoms with Gasteiger partial charge in [0.2, 0.25) is 0 Å². The Balaban J connectivity index is 2.18. The van der Waals surface area contributed by atoms with Gasteiger partial charge in [0.25, 0.3) is 11.7 Å². The first-order valence-electron chi connectivity index (χ1n) is 9.18. The lowest BCUT2D eigenvalue weighted by Gasteiger charge is -2.24. The third kappa shape index (κ3) is 3.88. The fourth-order valence-electron chi connectivity index (χ4n) is 3.35. The van der Waals surface area contributed by atoms with E-state index in [1.807, 2.05) is 19.0 Å². The summed E-state index contributed by atoms with van der Waals surface area (Å²) in [7, 11) is 6.60. The van der Waals surface area contributed by atoms with Gasteiger partial charge >= 0.3 is 0 Å². The zero-order chi connectivity index (χ0) is 22.0. The van der Waals surface area contributed by atoms with Crippen LogP contribution < -0.4 is 9.47 Å². The normalized spacial score (nSPS) is 18.3. The van der Waals surface area contributed by atoms with E-state index in [0.717, 1.165) is 0 Å². The van der Waals surface area contributed by atoms with Crippen molar-refractivity contribution in [2.24, 2.45) is 0 Å². The molecule has 1 N–H and O–H groups in total. The van der Waals surface area contributed by atoms with Crippen LogP contribution in [0.4, 0.5) is 0 Å². The number of Topliss-reactive ketones (excluding diaryl/α,β-unsaturated/α-hetero) is 1. The van der Waals surface area contributed by atoms with Crippen LogP contribution in [0.2, 0.25) is 5.02 Å². The summed E-state index contributed by atoms with van der Waals surface area (Å²) in [6.45, 7) is 0.808. The van der Waals surface area contributed by atoms with Crippen LogP contribution in [0.15, 0.2) is 40.5 Å². The van der Waals surface area contributed by atoms with E-state index in [1.165, 1.54) is 37.5 Å². The number of furan rings is 1. The number of amides is 1. The van der Waals surface area contributed by atoms with Crippen molar-refractivity contribution in [2.75, 3.05) is 41.4 Å². The third-order valence-corrected chi connectivity index (χ3v) is 5.17. The number of hydrogen-bond donors (Lipinski definition) is 1. The van der Waals surface area contributed by atoms with E-state index >= 15 is 0 Å². The molecule has 0 radical (unpaired) electrons. The highest BCUT2D eigenvalue weighted by Crippen LogP contribution is 2.42. The molecule has 1 atom stereocenters. The topological polar surface area (TPSA) is 92.4 Å². The lowest BCUT2D eigenvalue weighted by Crippen LogP contribution is -2.35. The average molecular weight is 435 g/mol. The minimum absolute atomic E-state index is 0.0896. The number of methoxy groups -OCH3 is 2. The Bertz CT molecular complexity index is 984. The van der Waals surface area contributed by atoms with Crippen LogP contribution in [0.3, 0.4) is 0 Å². The molecule has 0 spiro atoms. The Morgan fingerprint density at radius 1 is 1.23 bits per heavy atom. The van der Waals surface area contributed by atoms with Gasteiger partial charge in [-0.25, -0.2) is 0 Å². The van der Waals surface area contributed by atoms with Gasteiger partial charge in [-0.2, -0.15) is 0 Å². The summed E-state index contributed by atoms with van der Waals surface area (Å²) >= 11 is 6.22. The minimum atomic E-state index is -0.870. The van der Waals surface area contributed by atoms with E-state index in [4.69, 9.17) is 25.5 Å². The number of likely N-dealkylation sites (tertiary alicyclic amines) is 1. The van der Waals surface area contributed by atoms with Crippen LogP contribution in [0.5, 0.6) is 11.5 Å². The Hall–Kier alpha value is -2.97. The molecular formula is C21H23ClN2O6. The zero-order valence-corrected chi connectivity index (χ0v) is 17.9. The van der Waals surface area contributed by atoms with Crippen molar-refractivity contribution >= 4 is 29.1 Å². The number of likely N-dealkylation sites (N-methyl/N-ethyl adjacent to an activating group) is 1. The summed E-state index contributed by atoms with van der Waals surface area (Å²) in [5.74, 6) is -0.956. The van der Waals surface area contributed by atoms with E-state index in [-0.39, 0.29) is 28.5 Å². The lowest BCUT2D eigenvalue weighted by molar-refractivity contribution is -0.140. The molecular weight excluding hydrogens is 412 g/mol. The van der Waals surface area contributed by atoms with Gasteiger partial charge in [0.15, 0.2) is 0 Å². The monoisotopic (exact) mass is 434 g/mol. The maximum absolute atomic E-state index is 12.9. The Morgan fingerprint density at radius 2 is 1.93 bits per heavy atom. The highest BCUT2D eigenvalue weighted by molar-refractivity contribution is 6.46. The van der Waals surface area contributed by atoms with Crippen LogP contribution in [-0.4, -0.2) is 68.0 Å². The number of rotatable bonds is 7. The molecule has 1 aromatic carbocycles. The van der Waals surface area contributed by atoms with Crippen molar-refractivity contribution in [2.45, 2.75) is 6.04 Å². The van der Waals surface area contributed by atoms with Gasteiger partial charge in [0.05, 0.1) is 36.6 Å². The number of carbonyl (C=O) groups is 2. The molecule has 1 aromatic heterocycles. The molecule has 2 heterocycles. The molecule has 3 rings (SSSR count). The van der Waals surface area contributed by atoms with Crippen LogP contribution in [0.25, 0.3) is 5.76 Å². The molecule has 1 aliphatic heterocycles. The van der Waals surface area contributed by atoms with Gasteiger partial charge in [0, 0.05) is 19.2 Å². The molecule has 0 aliphatic carbocycles. The molecule has 1 fully saturated rings. The minimum Gasteiger partial charge on any atom is -0.507 e. The summed E-state index contributed by atoms with van der Waals surface area (Å²) in [6, 6.07) is 5.38. The second kappa shape index (κ2) is 8.81. The van der Waals surface area contributed by atoms with Crippen LogP contribution in [0.1, 0.15) is 17.4 Å². The number of aliphatic hydroxyl groups excluding tert-OH is 1. The molecule has 9 heteroatoms. The Kier molecular flexibility index (Phi) is 6.38. The number of hydrogen-bond acceptors (Lipinski definition) is 7. The van der Waals surface area contributed by atoms with Gasteiger partial charge in [-0.1, -0.05) is 11.6 Å². The van der Waals surface area contributed by atoms with Crippen molar-refractivity contribution in [1.82, 2.24) is 9.80 Å². The number of ether oxygens (including phenoxy) is 2. The molecule has 30 heavy (non-hydrogen) atoms. The molecule has 1 unspecified atom stereocenters. The molecule has 8 nitrogen and oxygen atoms in total. The average Bonchev–Trinajstić information content (AvgIpc) is 3.33. The van der Waals surface area contributed by atoms with Crippen LogP contribution >= 0.6 is 11.6 Å². The first-order valence-corrected chi connectivity index (χ1v) is 9.56. The predicted octanol–water partition coefficient (Wildman–Crippen LogP) is 2.93. The van der Waals surface area contributed by atoms with Crippen molar-refractivity contribution in [3.8, 4) is 11.5 Å². The largest absolute Gasteiger partial charge is 0.507 e. The second-order valence-electron chi connectivity index (χ2n) is 7.00. The molecule has 2 aromatic rings. The smallest absolute Gasteiger partial charge is 0.295 e. The first-order chi connectivity index (χ1) is 14.3. The summed E-state index contributed by atoms with van der Waals surface area (Å²) in [5.41, 5.74) is 0.0821. The van der Waals surface area contributed by atoms with E-state index in [9.17, 15) is 14.7 Å². The first kappa shape index (κ1) is 21.7. The molecule has 1 saturated heterocycles. The zero-order valence-electron chi connectivity index (χ0n) is 17.1. The van der Waals surface area contributed by atoms with Crippen molar-refractivity contribution in [3.63, 3.8) is 0 Å². The Morgan fingerprint density at radius 3 is 2.50 bits per heavy atom. The summed E-state index contributed by atoms with van der Waals surface area (Å²) in [4.78, 5) is 29.0. The van der Waals surface area contributed by atoms with Gasteiger partial charge in [-0.15, -0.1) is 0 Å². The van der Waals surface area contributed by atoms with Gasteiger partial charge in [0.1, 0.15) is 29.1 Å². The van der Waals surface area contributed by atoms with Gasteiger partial charge in [-0.3, -0.25) is 9.59 Å². The highest BCUT2D eigenvalue weighted by atomic mass is 35.5. The summed E-state index contributed by atoms with van der Waals surface area (Å²) in [6.07, 6.45) is 1.45. The standard InChI is InChI=1S/C21H23ClN2O6/c1-23(2)7-8-24-18(14-6-5-9-30-14)17(20(26)21(24)27)19(25)12-10-13(22)16(29-4)11-15(12)28-3/h5-6,9-11,18,25H,7-8H2,1-4H3/b19-17-. The van der Waals surface area contributed by atoms with E-state index in [0.29, 0.717) is 18.1 Å². The summed E-state index contributed by atoms with van der Waals surface area (Å²) < 4.78 is 16.0. The maximum Gasteiger partial charge on any atom is 0.295 e. The van der Waals surface area contributed by atoms with Crippen molar-refractivity contribution in [1.29, 1.82) is 0 Å². The maximum atomic E-state index is 12.9. The summed E-state index contributed by atoms with van der Waals surface area (Å²) in [5, 5.41) is 11.3. The third-order valence-electron chi connectivity index (χ3n) is 4.87. The number of carbonyl (C=O) groups excluding carboxylic acids is 2. The number of ketones is 1. The van der Waals surface area contributed by atoms with Crippen molar-refractivity contribution in [3.05, 3.63) is 52.4 Å². The SMILES string of the molecule is COc1cc(OC)c(/C(O)=C2/C(=O)C(=O)N(CCN(C)C)C2c2ccco2)cc1Cl. The molecule has 160 valence electrons. The van der Waals surface area contributed by atoms with Crippen LogP contribution in [-0.2, 0) is 9.59 Å². The van der Waals surface area contributed by atoms with Gasteiger partial charge < -0.3 is 28.8 Å². The fourth-order valence-corrected chi connectivity index (χ4v) is 3.59. The molecule has 0 bridgehead atoms. The molecule has 1 aliphatic rings. The quantitative estimate of drug-likeness (QED) is 0.407. The highest BCUT2D eigenvalue weighted by Gasteiger charge is 2.47. The number of halogens is 1. The number of benzene rings is 1. The predicted molar refractivity (Wildman–Crippen MR) is 111 cm³/mol. The second-order valence-corrected chi connectivity index (χ2v) is 7.41. The molecule has 0 saturated carbocycles. The Labute approximate surface area is 179 Å². The number of aliphatic hydroxyl groups is 1. The number of nitrogens with zero attached hydrogens (tertiary/aromatic N) is 2. The van der Waals surface area contributed by atoms with E-state index in [2.05, 4.69) is 0 Å². The molecule has 1 amide bonds. The lowest BCUT2D eigenvalue weighted by atomic mass is 9.98. The van der Waals surface area contributed by atoms with E-state index in [1.54, 1.807) is 12.1 Å². The van der Waals surface area contributed by atoms with Gasteiger partial charge in [-0.05, 0) is 32.3 Å².